The third-order valence-electron chi connectivity index (χ3n) is 4.26. The van der Waals surface area contributed by atoms with Crippen molar-refractivity contribution in [2.24, 2.45) is 0 Å². The molecule has 6 nitrogen and oxygen atoms in total. The highest BCUT2D eigenvalue weighted by atomic mass is 32.2. The third-order valence-corrected chi connectivity index (χ3v) is 6.86. The number of carbonyl (C=O) groups is 1. The second-order valence-electron chi connectivity index (χ2n) is 6.45. The Morgan fingerprint density at radius 1 is 1.04 bits per heavy atom. The van der Waals surface area contributed by atoms with Crippen LogP contribution in [-0.4, -0.2) is 30.3 Å². The number of nitrogens with zero attached hydrogens (tertiary/aromatic N) is 2. The van der Waals surface area contributed by atoms with Crippen molar-refractivity contribution < 1.29 is 13.2 Å². The Kier molecular flexibility index (Phi) is 6.53. The van der Waals surface area contributed by atoms with E-state index < -0.39 is 15.7 Å². The molecule has 1 aromatic heterocycles. The molecule has 0 saturated carbocycles. The molecule has 1 N–H and O–H groups in total. The molecule has 146 valence electrons. The van der Waals surface area contributed by atoms with Crippen molar-refractivity contribution in [1.29, 1.82) is 0 Å². The van der Waals surface area contributed by atoms with Crippen molar-refractivity contribution >= 4 is 32.2 Å². The SMILES string of the molecule is C[C@@H](Cc1nnc(NC(=O)CCS(=O)(=O)c2ccccc2)s1)c1ccccc1. The fourth-order valence-electron chi connectivity index (χ4n) is 2.70. The monoisotopic (exact) mass is 415 g/mol. The highest BCUT2D eigenvalue weighted by Crippen LogP contribution is 2.24. The number of hydrogen-bond acceptors (Lipinski definition) is 6. The second-order valence-corrected chi connectivity index (χ2v) is 9.62. The molecule has 0 saturated heterocycles. The normalized spacial score (nSPS) is 12.5. The number of amides is 1. The first-order valence-corrected chi connectivity index (χ1v) is 11.4. The summed E-state index contributed by atoms with van der Waals surface area (Å²) in [6.07, 6.45) is 0.590. The molecular formula is C20H21N3O3S2. The number of sulfone groups is 1. The number of rotatable bonds is 8. The zero-order chi connectivity index (χ0) is 20.0. The molecular weight excluding hydrogens is 394 g/mol. The zero-order valence-electron chi connectivity index (χ0n) is 15.4. The molecule has 0 fully saturated rings. The Hall–Kier alpha value is -2.58. The summed E-state index contributed by atoms with van der Waals surface area (Å²) in [7, 11) is -3.48. The van der Waals surface area contributed by atoms with Crippen LogP contribution in [0.5, 0.6) is 0 Å². The molecule has 0 unspecified atom stereocenters. The number of benzene rings is 2. The lowest BCUT2D eigenvalue weighted by Gasteiger charge is -2.08. The molecule has 1 atom stereocenters. The minimum Gasteiger partial charge on any atom is -0.301 e. The fourth-order valence-corrected chi connectivity index (χ4v) is 4.85. The van der Waals surface area contributed by atoms with Crippen molar-refractivity contribution in [3.8, 4) is 0 Å². The van der Waals surface area contributed by atoms with Gasteiger partial charge in [-0.25, -0.2) is 8.42 Å². The van der Waals surface area contributed by atoms with Crippen LogP contribution >= 0.6 is 11.3 Å². The van der Waals surface area contributed by atoms with Gasteiger partial charge in [0.05, 0.1) is 10.6 Å². The maximum absolute atomic E-state index is 12.2. The summed E-state index contributed by atoms with van der Waals surface area (Å²) in [5.41, 5.74) is 1.22. The topological polar surface area (TPSA) is 89.0 Å². The maximum atomic E-state index is 12.2. The summed E-state index contributed by atoms with van der Waals surface area (Å²) in [6, 6.07) is 18.2. The predicted molar refractivity (Wildman–Crippen MR) is 110 cm³/mol. The minimum atomic E-state index is -3.48. The lowest BCUT2D eigenvalue weighted by atomic mass is 9.98. The van der Waals surface area contributed by atoms with E-state index in [1.807, 2.05) is 18.2 Å². The average molecular weight is 416 g/mol. The van der Waals surface area contributed by atoms with Crippen molar-refractivity contribution in [2.45, 2.75) is 30.6 Å². The summed E-state index contributed by atoms with van der Waals surface area (Å²) in [5.74, 6) is -0.355. The maximum Gasteiger partial charge on any atom is 0.227 e. The Morgan fingerprint density at radius 3 is 2.36 bits per heavy atom. The molecule has 1 heterocycles. The van der Waals surface area contributed by atoms with Crippen LogP contribution in [-0.2, 0) is 21.1 Å². The molecule has 0 bridgehead atoms. The first kappa shape index (κ1) is 20.2. The van der Waals surface area contributed by atoms with Crippen molar-refractivity contribution in [1.82, 2.24) is 10.2 Å². The summed E-state index contributed by atoms with van der Waals surface area (Å²) in [5, 5.41) is 12.0. The Morgan fingerprint density at radius 2 is 1.68 bits per heavy atom. The van der Waals surface area contributed by atoms with Crippen molar-refractivity contribution in [3.05, 3.63) is 71.2 Å². The molecule has 0 aliphatic carbocycles. The van der Waals surface area contributed by atoms with Crippen LogP contribution in [0.25, 0.3) is 0 Å². The third kappa shape index (κ3) is 5.46. The van der Waals surface area contributed by atoms with Crippen molar-refractivity contribution in [3.63, 3.8) is 0 Å². The van der Waals surface area contributed by atoms with E-state index in [1.54, 1.807) is 18.2 Å². The highest BCUT2D eigenvalue weighted by Gasteiger charge is 2.17. The van der Waals surface area contributed by atoms with Gasteiger partial charge in [-0.3, -0.25) is 4.79 Å². The molecule has 1 amide bonds. The van der Waals surface area contributed by atoms with Crippen LogP contribution in [0.1, 0.15) is 29.8 Å². The van der Waals surface area contributed by atoms with E-state index in [4.69, 9.17) is 0 Å². The van der Waals surface area contributed by atoms with Gasteiger partial charge in [-0.1, -0.05) is 66.8 Å². The average Bonchev–Trinajstić information content (AvgIpc) is 3.14. The standard InChI is InChI=1S/C20H21N3O3S2/c1-15(16-8-4-2-5-9-16)14-19-22-23-20(27-19)21-18(24)12-13-28(25,26)17-10-6-3-7-11-17/h2-11,15H,12-14H2,1H3,(H,21,23,24)/t15-/m0/s1. The summed E-state index contributed by atoms with van der Waals surface area (Å²) in [6.45, 7) is 2.11. The molecule has 0 radical (unpaired) electrons. The van der Waals surface area contributed by atoms with Crippen LogP contribution in [0.3, 0.4) is 0 Å². The quantitative estimate of drug-likeness (QED) is 0.606. The lowest BCUT2D eigenvalue weighted by Crippen LogP contribution is -2.17. The molecule has 3 rings (SSSR count). The van der Waals surface area contributed by atoms with Gasteiger partial charge in [0.25, 0.3) is 0 Å². The number of carbonyl (C=O) groups excluding carboxylic acids is 1. The van der Waals surface area contributed by atoms with Gasteiger partial charge in [-0.05, 0) is 23.6 Å². The van der Waals surface area contributed by atoms with Gasteiger partial charge < -0.3 is 5.32 Å². The summed E-state index contributed by atoms with van der Waals surface area (Å²) in [4.78, 5) is 12.3. The van der Waals surface area contributed by atoms with E-state index in [2.05, 4.69) is 34.6 Å². The molecule has 3 aromatic rings. The number of nitrogens with one attached hydrogen (secondary N) is 1. The van der Waals surface area contributed by atoms with Crippen LogP contribution < -0.4 is 5.32 Å². The largest absolute Gasteiger partial charge is 0.301 e. The zero-order valence-corrected chi connectivity index (χ0v) is 17.0. The Labute approximate surface area is 168 Å². The van der Waals surface area contributed by atoms with Crippen molar-refractivity contribution in [2.75, 3.05) is 11.1 Å². The van der Waals surface area contributed by atoms with E-state index in [9.17, 15) is 13.2 Å². The van der Waals surface area contributed by atoms with E-state index in [1.165, 1.54) is 29.0 Å². The van der Waals surface area contributed by atoms with Gasteiger partial charge >= 0.3 is 0 Å². The smallest absolute Gasteiger partial charge is 0.227 e. The van der Waals surface area contributed by atoms with Crippen LogP contribution in [0.4, 0.5) is 5.13 Å². The van der Waals surface area contributed by atoms with E-state index in [-0.39, 0.29) is 23.0 Å². The molecule has 28 heavy (non-hydrogen) atoms. The van der Waals surface area contributed by atoms with Gasteiger partial charge in [0, 0.05) is 12.8 Å². The first-order valence-electron chi connectivity index (χ1n) is 8.89. The highest BCUT2D eigenvalue weighted by molar-refractivity contribution is 7.91. The van der Waals surface area contributed by atoms with Gasteiger partial charge in [-0.15, -0.1) is 10.2 Å². The second kappa shape index (κ2) is 9.07. The van der Waals surface area contributed by atoms with Gasteiger partial charge in [0.2, 0.25) is 11.0 Å². The lowest BCUT2D eigenvalue weighted by molar-refractivity contribution is -0.115. The molecule has 2 aromatic carbocycles. The van der Waals surface area contributed by atoms with Gasteiger partial charge in [0.15, 0.2) is 9.84 Å². The molecule has 0 aliphatic rings. The van der Waals surface area contributed by atoms with Gasteiger partial charge in [0.1, 0.15) is 5.01 Å². The summed E-state index contributed by atoms with van der Waals surface area (Å²) < 4.78 is 24.5. The molecule has 0 spiro atoms. The van der Waals surface area contributed by atoms with Crippen LogP contribution in [0.2, 0.25) is 0 Å². The Bertz CT molecular complexity index is 1020. The Balaban J connectivity index is 1.53. The number of aromatic nitrogens is 2. The summed E-state index contributed by atoms with van der Waals surface area (Å²) >= 11 is 1.31. The van der Waals surface area contributed by atoms with E-state index in [0.717, 1.165) is 11.4 Å². The van der Waals surface area contributed by atoms with E-state index >= 15 is 0 Å². The minimum absolute atomic E-state index is 0.132. The van der Waals surface area contributed by atoms with Crippen LogP contribution in [0, 0.1) is 0 Å². The number of hydrogen-bond donors (Lipinski definition) is 1. The van der Waals surface area contributed by atoms with Crippen LogP contribution in [0.15, 0.2) is 65.6 Å². The predicted octanol–water partition coefficient (Wildman–Crippen LogP) is 3.69. The fraction of sp³-hybridized carbons (Fsp3) is 0.250. The molecule has 8 heteroatoms. The molecule has 0 aliphatic heterocycles. The van der Waals surface area contributed by atoms with Gasteiger partial charge in [-0.2, -0.15) is 0 Å². The first-order chi connectivity index (χ1) is 13.4. The van der Waals surface area contributed by atoms with E-state index in [0.29, 0.717) is 5.13 Å². The number of anilines is 1.